The van der Waals surface area contributed by atoms with Crippen molar-refractivity contribution in [1.82, 2.24) is 4.90 Å². The number of piperidine rings is 1. The summed E-state index contributed by atoms with van der Waals surface area (Å²) in [5.74, 6) is -0.773. The average Bonchev–Trinajstić information content (AvgIpc) is 2.70. The van der Waals surface area contributed by atoms with Gasteiger partial charge in [0.2, 0.25) is 5.91 Å². The first-order valence-corrected chi connectivity index (χ1v) is 9.29. The van der Waals surface area contributed by atoms with E-state index < -0.39 is 5.82 Å². The van der Waals surface area contributed by atoms with E-state index in [9.17, 15) is 14.0 Å². The summed E-state index contributed by atoms with van der Waals surface area (Å²) in [5, 5.41) is 5.59. The van der Waals surface area contributed by atoms with Crippen LogP contribution in [0.1, 0.15) is 29.6 Å². The predicted molar refractivity (Wildman–Crippen MR) is 105 cm³/mol. The number of halogens is 2. The lowest BCUT2D eigenvalue weighted by Gasteiger charge is -2.26. The summed E-state index contributed by atoms with van der Waals surface area (Å²) in [6.07, 6.45) is 3.29. The van der Waals surface area contributed by atoms with Crippen LogP contribution in [0, 0.1) is 5.82 Å². The Morgan fingerprint density at radius 1 is 1.00 bits per heavy atom. The second kappa shape index (κ2) is 8.86. The second-order valence-corrected chi connectivity index (χ2v) is 6.87. The minimum Gasteiger partial charge on any atom is -0.376 e. The van der Waals surface area contributed by atoms with Gasteiger partial charge in [-0.15, -0.1) is 0 Å². The molecule has 0 aliphatic carbocycles. The molecule has 2 N–H and O–H groups in total. The quantitative estimate of drug-likeness (QED) is 0.807. The first-order valence-electron chi connectivity index (χ1n) is 8.91. The molecule has 0 saturated carbocycles. The average molecular weight is 390 g/mol. The van der Waals surface area contributed by atoms with Crippen molar-refractivity contribution in [1.29, 1.82) is 0 Å². The van der Waals surface area contributed by atoms with Gasteiger partial charge in [0.1, 0.15) is 5.82 Å². The van der Waals surface area contributed by atoms with Crippen LogP contribution in [-0.2, 0) is 4.79 Å². The first kappa shape index (κ1) is 19.2. The van der Waals surface area contributed by atoms with Gasteiger partial charge >= 0.3 is 0 Å². The summed E-state index contributed by atoms with van der Waals surface area (Å²) in [7, 11) is 0. The molecule has 0 unspecified atom stereocenters. The van der Waals surface area contributed by atoms with Crippen molar-refractivity contribution in [3.8, 4) is 0 Å². The number of carbonyl (C=O) groups excluding carboxylic acids is 2. The van der Waals surface area contributed by atoms with Gasteiger partial charge in [0.25, 0.3) is 5.91 Å². The zero-order chi connectivity index (χ0) is 19.2. The van der Waals surface area contributed by atoms with Crippen molar-refractivity contribution >= 4 is 34.8 Å². The molecule has 142 valence electrons. The summed E-state index contributed by atoms with van der Waals surface area (Å²) in [6, 6.07) is 11.1. The van der Waals surface area contributed by atoms with Gasteiger partial charge in [0, 0.05) is 30.0 Å². The molecule has 2 aromatic carbocycles. The molecule has 1 aliphatic heterocycles. The molecule has 0 radical (unpaired) electrons. The van der Waals surface area contributed by atoms with Gasteiger partial charge in [0.05, 0.1) is 11.6 Å². The smallest absolute Gasteiger partial charge is 0.253 e. The number of rotatable bonds is 5. The van der Waals surface area contributed by atoms with Crippen LogP contribution in [0.5, 0.6) is 0 Å². The van der Waals surface area contributed by atoms with Crippen molar-refractivity contribution in [2.45, 2.75) is 19.3 Å². The van der Waals surface area contributed by atoms with Gasteiger partial charge in [-0.2, -0.15) is 0 Å². The van der Waals surface area contributed by atoms with E-state index in [-0.39, 0.29) is 23.4 Å². The van der Waals surface area contributed by atoms with Crippen molar-refractivity contribution in [3.05, 3.63) is 58.9 Å². The summed E-state index contributed by atoms with van der Waals surface area (Å²) < 4.78 is 13.1. The molecule has 0 bridgehead atoms. The SMILES string of the molecule is O=C(CNc1ccc(C(=O)N2CCCCC2)cc1)Nc1ccc(F)c(Cl)c1. The molecule has 1 saturated heterocycles. The van der Waals surface area contributed by atoms with Crippen LogP contribution in [0.3, 0.4) is 0 Å². The first-order chi connectivity index (χ1) is 13.0. The van der Waals surface area contributed by atoms with Crippen LogP contribution in [-0.4, -0.2) is 36.3 Å². The fourth-order valence-corrected chi connectivity index (χ4v) is 3.15. The summed E-state index contributed by atoms with van der Waals surface area (Å²) >= 11 is 5.69. The molecule has 1 aliphatic rings. The third-order valence-electron chi connectivity index (χ3n) is 4.43. The zero-order valence-electron chi connectivity index (χ0n) is 14.8. The minimum atomic E-state index is -0.535. The monoisotopic (exact) mass is 389 g/mol. The van der Waals surface area contributed by atoms with E-state index in [1.165, 1.54) is 24.6 Å². The number of carbonyl (C=O) groups is 2. The van der Waals surface area contributed by atoms with Gasteiger partial charge in [0.15, 0.2) is 0 Å². The number of benzene rings is 2. The van der Waals surface area contributed by atoms with E-state index in [4.69, 9.17) is 11.6 Å². The van der Waals surface area contributed by atoms with Crippen molar-refractivity contribution in [2.24, 2.45) is 0 Å². The molecule has 5 nitrogen and oxygen atoms in total. The Morgan fingerprint density at radius 2 is 1.67 bits per heavy atom. The minimum absolute atomic E-state index is 0.0361. The van der Waals surface area contributed by atoms with Gasteiger partial charge in [-0.05, 0) is 61.7 Å². The third kappa shape index (κ3) is 5.20. The van der Waals surface area contributed by atoms with E-state index in [1.54, 1.807) is 24.3 Å². The van der Waals surface area contributed by atoms with E-state index in [1.807, 2.05) is 4.90 Å². The Balaban J connectivity index is 1.51. The van der Waals surface area contributed by atoms with E-state index in [0.717, 1.165) is 31.6 Å². The number of nitrogens with zero attached hydrogens (tertiary/aromatic N) is 1. The van der Waals surface area contributed by atoms with Gasteiger partial charge in [-0.25, -0.2) is 4.39 Å². The highest BCUT2D eigenvalue weighted by Gasteiger charge is 2.17. The van der Waals surface area contributed by atoms with Crippen LogP contribution >= 0.6 is 11.6 Å². The lowest BCUT2D eigenvalue weighted by molar-refractivity contribution is -0.114. The lowest BCUT2D eigenvalue weighted by atomic mass is 10.1. The van der Waals surface area contributed by atoms with E-state index in [0.29, 0.717) is 11.3 Å². The molecule has 7 heteroatoms. The number of hydrogen-bond donors (Lipinski definition) is 2. The molecular formula is C20H21ClFN3O2. The van der Waals surface area contributed by atoms with Gasteiger partial charge < -0.3 is 15.5 Å². The number of hydrogen-bond acceptors (Lipinski definition) is 3. The molecule has 0 aromatic heterocycles. The van der Waals surface area contributed by atoms with Gasteiger partial charge in [-0.1, -0.05) is 11.6 Å². The fraction of sp³-hybridized carbons (Fsp3) is 0.300. The highest BCUT2D eigenvalue weighted by molar-refractivity contribution is 6.31. The summed E-state index contributed by atoms with van der Waals surface area (Å²) in [4.78, 5) is 26.3. The Hall–Kier alpha value is -2.60. The van der Waals surface area contributed by atoms with Crippen molar-refractivity contribution in [3.63, 3.8) is 0 Å². The number of anilines is 2. The lowest BCUT2D eigenvalue weighted by Crippen LogP contribution is -2.35. The Morgan fingerprint density at radius 3 is 2.33 bits per heavy atom. The molecule has 2 amide bonds. The standard InChI is InChI=1S/C20H21ClFN3O2/c21-17-12-16(8-9-18(17)22)24-19(26)13-23-15-6-4-14(5-7-15)20(27)25-10-2-1-3-11-25/h4-9,12,23H,1-3,10-11,13H2,(H,24,26). The maximum Gasteiger partial charge on any atom is 0.253 e. The highest BCUT2D eigenvalue weighted by atomic mass is 35.5. The van der Waals surface area contributed by atoms with Crippen LogP contribution in [0.2, 0.25) is 5.02 Å². The second-order valence-electron chi connectivity index (χ2n) is 6.46. The highest BCUT2D eigenvalue weighted by Crippen LogP contribution is 2.19. The van der Waals surface area contributed by atoms with Gasteiger partial charge in [-0.3, -0.25) is 9.59 Å². The molecule has 1 heterocycles. The largest absolute Gasteiger partial charge is 0.376 e. The predicted octanol–water partition coefficient (Wildman–Crippen LogP) is 4.16. The third-order valence-corrected chi connectivity index (χ3v) is 4.72. The normalized spacial score (nSPS) is 13.9. The molecule has 1 fully saturated rings. The maximum atomic E-state index is 13.1. The number of nitrogens with one attached hydrogen (secondary N) is 2. The molecular weight excluding hydrogens is 369 g/mol. The van der Waals surface area contributed by atoms with E-state index in [2.05, 4.69) is 10.6 Å². The molecule has 0 spiro atoms. The van der Waals surface area contributed by atoms with Crippen LogP contribution in [0.25, 0.3) is 0 Å². The van der Waals surface area contributed by atoms with Crippen molar-refractivity contribution < 1.29 is 14.0 Å². The molecule has 27 heavy (non-hydrogen) atoms. The maximum absolute atomic E-state index is 13.1. The van der Waals surface area contributed by atoms with Crippen LogP contribution in [0.4, 0.5) is 15.8 Å². The summed E-state index contributed by atoms with van der Waals surface area (Å²) in [5.41, 5.74) is 1.81. The summed E-state index contributed by atoms with van der Waals surface area (Å²) in [6.45, 7) is 1.66. The molecule has 0 atom stereocenters. The Labute approximate surface area is 162 Å². The fourth-order valence-electron chi connectivity index (χ4n) is 2.97. The number of likely N-dealkylation sites (tertiary alicyclic amines) is 1. The Kier molecular flexibility index (Phi) is 6.29. The van der Waals surface area contributed by atoms with Crippen molar-refractivity contribution in [2.75, 3.05) is 30.3 Å². The van der Waals surface area contributed by atoms with Crippen LogP contribution in [0.15, 0.2) is 42.5 Å². The zero-order valence-corrected chi connectivity index (χ0v) is 15.6. The number of amides is 2. The van der Waals surface area contributed by atoms with Crippen LogP contribution < -0.4 is 10.6 Å². The van der Waals surface area contributed by atoms with E-state index >= 15 is 0 Å². The Bertz CT molecular complexity index is 820. The molecule has 2 aromatic rings. The topological polar surface area (TPSA) is 61.4 Å². The molecule has 3 rings (SSSR count).